The molecular formula is C25H34N2O7S2. The number of sulfone groups is 1. The number of hydroxylamine groups is 1. The number of hydrogen-bond acceptors (Lipinski definition) is 8. The Bertz CT molecular complexity index is 1100. The molecular weight excluding hydrogens is 504 g/mol. The number of nitrogens with zero attached hydrogens (tertiary/aromatic N) is 1. The lowest BCUT2D eigenvalue weighted by Crippen LogP contribution is -2.49. The van der Waals surface area contributed by atoms with Crippen molar-refractivity contribution in [3.8, 4) is 0 Å². The first-order valence-corrected chi connectivity index (χ1v) is 14.1. The lowest BCUT2D eigenvalue weighted by Gasteiger charge is -2.34. The molecule has 0 aliphatic heterocycles. The first-order chi connectivity index (χ1) is 17.0. The largest absolute Gasteiger partial charge is 0.463 e. The quantitative estimate of drug-likeness (QED) is 0.226. The van der Waals surface area contributed by atoms with Crippen LogP contribution in [0.4, 0.5) is 0 Å². The Morgan fingerprint density at radius 3 is 2.25 bits per heavy atom. The number of thiophene rings is 1. The summed E-state index contributed by atoms with van der Waals surface area (Å²) >= 11 is 0.931. The zero-order valence-corrected chi connectivity index (χ0v) is 22.6. The summed E-state index contributed by atoms with van der Waals surface area (Å²) in [7, 11) is -4.26. The maximum Gasteiger partial charge on any atom is 0.308 e. The van der Waals surface area contributed by atoms with Gasteiger partial charge in [-0.2, -0.15) is 0 Å². The smallest absolute Gasteiger partial charge is 0.308 e. The van der Waals surface area contributed by atoms with Crippen LogP contribution in [0.15, 0.2) is 52.1 Å². The Labute approximate surface area is 216 Å². The van der Waals surface area contributed by atoms with Crippen molar-refractivity contribution in [1.29, 1.82) is 0 Å². The van der Waals surface area contributed by atoms with Gasteiger partial charge in [0.1, 0.15) is 4.21 Å². The molecule has 36 heavy (non-hydrogen) atoms. The molecule has 0 spiro atoms. The van der Waals surface area contributed by atoms with Gasteiger partial charge in [-0.3, -0.25) is 19.6 Å². The topological polar surface area (TPSA) is 130 Å². The van der Waals surface area contributed by atoms with Crippen LogP contribution in [-0.4, -0.2) is 54.2 Å². The van der Waals surface area contributed by atoms with Crippen molar-refractivity contribution in [3.05, 3.63) is 53.4 Å². The van der Waals surface area contributed by atoms with Crippen molar-refractivity contribution in [2.45, 2.75) is 68.6 Å². The average molecular weight is 539 g/mol. The van der Waals surface area contributed by atoms with E-state index in [0.717, 1.165) is 11.3 Å². The van der Waals surface area contributed by atoms with Gasteiger partial charge < -0.3 is 9.64 Å². The van der Waals surface area contributed by atoms with Crippen molar-refractivity contribution < 1.29 is 32.7 Å². The van der Waals surface area contributed by atoms with E-state index < -0.39 is 45.5 Å². The second-order valence-electron chi connectivity index (χ2n) is 9.09. The van der Waals surface area contributed by atoms with E-state index in [0.29, 0.717) is 12.0 Å². The fourth-order valence-electron chi connectivity index (χ4n) is 3.65. The standard InChI is InChI=1S/C25H34N2O7S2/c1-17(2)12-13-22(28)27(16-21(25(30)26-31)36(32,33)24-11-8-14-35-24)20(15-23(29)34-18(3)4)19-9-6-5-7-10-19/h5-11,14,17-18,20-21,31H,12-13,15-16H2,1-4H3,(H,26,30)/t20-,21-/m1/s1. The van der Waals surface area contributed by atoms with Gasteiger partial charge in [-0.05, 0) is 43.2 Å². The molecule has 0 unspecified atom stereocenters. The summed E-state index contributed by atoms with van der Waals surface area (Å²) in [4.78, 5) is 40.1. The van der Waals surface area contributed by atoms with E-state index in [1.54, 1.807) is 49.6 Å². The summed E-state index contributed by atoms with van der Waals surface area (Å²) in [5.74, 6) is -1.94. The summed E-state index contributed by atoms with van der Waals surface area (Å²) in [5.41, 5.74) is 2.02. The van der Waals surface area contributed by atoms with Crippen LogP contribution < -0.4 is 5.48 Å². The van der Waals surface area contributed by atoms with E-state index in [-0.39, 0.29) is 29.1 Å². The Hall–Kier alpha value is -2.76. The number of benzene rings is 1. The van der Waals surface area contributed by atoms with Crippen LogP contribution in [0.1, 0.15) is 58.6 Å². The van der Waals surface area contributed by atoms with Gasteiger partial charge in [-0.25, -0.2) is 13.9 Å². The van der Waals surface area contributed by atoms with E-state index in [1.807, 2.05) is 13.8 Å². The van der Waals surface area contributed by atoms with E-state index >= 15 is 0 Å². The van der Waals surface area contributed by atoms with Crippen LogP contribution in [0.2, 0.25) is 0 Å². The van der Waals surface area contributed by atoms with Crippen LogP contribution in [0.25, 0.3) is 0 Å². The number of nitrogens with one attached hydrogen (secondary N) is 1. The molecule has 2 rings (SSSR count). The number of hydrogen-bond donors (Lipinski definition) is 2. The minimum Gasteiger partial charge on any atom is -0.463 e. The van der Waals surface area contributed by atoms with Crippen LogP contribution in [-0.2, 0) is 29.0 Å². The first-order valence-electron chi connectivity index (χ1n) is 11.7. The number of carbonyl (C=O) groups excluding carboxylic acids is 3. The summed E-state index contributed by atoms with van der Waals surface area (Å²) in [5, 5.41) is 9.12. The minimum atomic E-state index is -4.26. The average Bonchev–Trinajstić information content (AvgIpc) is 3.37. The molecule has 0 bridgehead atoms. The molecule has 1 aromatic carbocycles. The fourth-order valence-corrected chi connectivity index (χ4v) is 6.39. The molecule has 9 nitrogen and oxygen atoms in total. The van der Waals surface area contributed by atoms with Crippen molar-refractivity contribution >= 4 is 39.0 Å². The molecule has 0 aliphatic carbocycles. The number of esters is 1. The summed E-state index contributed by atoms with van der Waals surface area (Å²) < 4.78 is 32.0. The Morgan fingerprint density at radius 2 is 1.72 bits per heavy atom. The van der Waals surface area contributed by atoms with Crippen molar-refractivity contribution in [2.24, 2.45) is 5.92 Å². The van der Waals surface area contributed by atoms with E-state index in [2.05, 4.69) is 0 Å². The molecule has 0 radical (unpaired) electrons. The normalized spacial score (nSPS) is 13.3. The van der Waals surface area contributed by atoms with Crippen molar-refractivity contribution in [2.75, 3.05) is 6.54 Å². The molecule has 2 aromatic rings. The molecule has 0 fully saturated rings. The summed E-state index contributed by atoms with van der Waals surface area (Å²) in [6, 6.07) is 10.7. The van der Waals surface area contributed by atoms with Gasteiger partial charge in [0.05, 0.1) is 18.6 Å². The zero-order chi connectivity index (χ0) is 26.9. The van der Waals surface area contributed by atoms with Crippen LogP contribution >= 0.6 is 11.3 Å². The summed E-state index contributed by atoms with van der Waals surface area (Å²) in [6.07, 6.45) is 0.00240. The molecule has 2 atom stereocenters. The van der Waals surface area contributed by atoms with Crippen molar-refractivity contribution in [1.82, 2.24) is 10.4 Å². The molecule has 2 N–H and O–H groups in total. The molecule has 0 aliphatic rings. The van der Waals surface area contributed by atoms with E-state index in [9.17, 15) is 28.0 Å². The maximum absolute atomic E-state index is 13.5. The third-order valence-electron chi connectivity index (χ3n) is 5.46. The molecule has 11 heteroatoms. The lowest BCUT2D eigenvalue weighted by atomic mass is 9.99. The van der Waals surface area contributed by atoms with Crippen LogP contribution in [0.3, 0.4) is 0 Å². The Morgan fingerprint density at radius 1 is 1.06 bits per heavy atom. The maximum atomic E-state index is 13.5. The molecule has 2 amide bonds. The van der Waals surface area contributed by atoms with E-state index in [1.165, 1.54) is 22.5 Å². The van der Waals surface area contributed by atoms with Gasteiger partial charge in [-0.15, -0.1) is 11.3 Å². The van der Waals surface area contributed by atoms with Gasteiger partial charge in [0.25, 0.3) is 5.91 Å². The SMILES string of the molecule is CC(C)CCC(=O)N(C[C@H](C(=O)NO)S(=O)(=O)c1cccs1)[C@H](CC(=O)OC(C)C)c1ccccc1. The molecule has 1 aromatic heterocycles. The molecule has 198 valence electrons. The highest BCUT2D eigenvalue weighted by Crippen LogP contribution is 2.30. The predicted octanol–water partition coefficient (Wildman–Crippen LogP) is 3.74. The highest BCUT2D eigenvalue weighted by atomic mass is 32.2. The molecule has 0 saturated heterocycles. The zero-order valence-electron chi connectivity index (χ0n) is 20.9. The Balaban J connectivity index is 2.57. The van der Waals surface area contributed by atoms with E-state index in [4.69, 9.17) is 4.74 Å². The third kappa shape index (κ3) is 8.14. The minimum absolute atomic E-state index is 0.0684. The second kappa shape index (κ2) is 13.5. The van der Waals surface area contributed by atoms with Crippen LogP contribution in [0, 0.1) is 5.92 Å². The monoisotopic (exact) mass is 538 g/mol. The van der Waals surface area contributed by atoms with Crippen molar-refractivity contribution in [3.63, 3.8) is 0 Å². The Kier molecular flexibility index (Phi) is 11.1. The first kappa shape index (κ1) is 29.5. The molecule has 1 heterocycles. The van der Waals surface area contributed by atoms with Gasteiger partial charge in [0.2, 0.25) is 15.7 Å². The second-order valence-corrected chi connectivity index (χ2v) is 12.4. The number of ether oxygens (including phenoxy) is 1. The number of amides is 2. The van der Waals surface area contributed by atoms with Gasteiger partial charge >= 0.3 is 5.97 Å². The number of carbonyl (C=O) groups is 3. The van der Waals surface area contributed by atoms with Gasteiger partial charge in [0.15, 0.2) is 5.25 Å². The number of rotatable bonds is 13. The highest BCUT2D eigenvalue weighted by molar-refractivity contribution is 7.94. The highest BCUT2D eigenvalue weighted by Gasteiger charge is 2.40. The van der Waals surface area contributed by atoms with Crippen LogP contribution in [0.5, 0.6) is 0 Å². The predicted molar refractivity (Wildman–Crippen MR) is 136 cm³/mol. The molecule has 0 saturated carbocycles. The fraction of sp³-hybridized carbons (Fsp3) is 0.480. The van der Waals surface area contributed by atoms with Gasteiger partial charge in [-0.1, -0.05) is 50.2 Å². The third-order valence-corrected chi connectivity index (χ3v) is 8.92. The lowest BCUT2D eigenvalue weighted by molar-refractivity contribution is -0.150. The van der Waals surface area contributed by atoms with Gasteiger partial charge in [0, 0.05) is 13.0 Å². The summed E-state index contributed by atoms with van der Waals surface area (Å²) in [6.45, 7) is 6.76.